The van der Waals surface area contributed by atoms with Crippen LogP contribution in [-0.2, 0) is 0 Å². The second-order valence-corrected chi connectivity index (χ2v) is 21.0. The minimum atomic E-state index is -1.13. The van der Waals surface area contributed by atoms with Crippen LogP contribution in [0.1, 0.15) is 111 Å². The first-order chi connectivity index (χ1) is 16.6. The summed E-state index contributed by atoms with van der Waals surface area (Å²) in [7, 11) is -2.18. The Morgan fingerprint density at radius 1 is 0.529 bits per heavy atom. The molecule has 0 aliphatic heterocycles. The smallest absolute Gasteiger partial charge is 0.0576 e. The van der Waals surface area contributed by atoms with Crippen molar-refractivity contribution < 1.29 is 0 Å². The standard InChI is InChI=1S/C31H63NSi2/c1-7-24-33(25-8-2,26-9-3)30-20-18-16-14-13-15-17-19-22-32-23-21-31-34(27-10-4,28-11-5)29-12-6/h7,10,23H,1,4,8-9,11-22,24-31H2,2-3,5-6H3. The summed E-state index contributed by atoms with van der Waals surface area (Å²) in [5.41, 5.74) is 0. The molecule has 34 heavy (non-hydrogen) atoms. The predicted octanol–water partition coefficient (Wildman–Crippen LogP) is 11.5. The molecule has 0 radical (unpaired) electrons. The maximum absolute atomic E-state index is 4.75. The molecule has 0 saturated heterocycles. The van der Waals surface area contributed by atoms with Gasteiger partial charge in [-0.2, -0.15) is 0 Å². The fourth-order valence-corrected chi connectivity index (χ4v) is 16.3. The van der Waals surface area contributed by atoms with Crippen molar-refractivity contribution in [2.75, 3.05) is 6.54 Å². The summed E-state index contributed by atoms with van der Waals surface area (Å²) in [4.78, 5) is 4.75. The zero-order valence-corrected chi connectivity index (χ0v) is 26.1. The molecule has 0 rings (SSSR count). The largest absolute Gasteiger partial charge is 0.298 e. The minimum Gasteiger partial charge on any atom is -0.298 e. The summed E-state index contributed by atoms with van der Waals surface area (Å²) in [6.07, 6.45) is 24.6. The van der Waals surface area contributed by atoms with E-state index >= 15 is 0 Å². The molecule has 0 atom stereocenters. The topological polar surface area (TPSA) is 12.4 Å². The van der Waals surface area contributed by atoms with Gasteiger partial charge in [-0.05, 0) is 31.1 Å². The maximum atomic E-state index is 4.75. The van der Waals surface area contributed by atoms with E-state index in [1.165, 1.54) is 126 Å². The molecule has 0 bridgehead atoms. The predicted molar refractivity (Wildman–Crippen MR) is 166 cm³/mol. The molecule has 0 fully saturated rings. The van der Waals surface area contributed by atoms with Gasteiger partial charge >= 0.3 is 0 Å². The molecule has 0 spiro atoms. The Bertz CT molecular complexity index is 488. The minimum absolute atomic E-state index is 1.04. The van der Waals surface area contributed by atoms with Crippen molar-refractivity contribution >= 4 is 22.4 Å². The summed E-state index contributed by atoms with van der Waals surface area (Å²) in [5.74, 6) is 0. The van der Waals surface area contributed by atoms with Crippen molar-refractivity contribution in [2.24, 2.45) is 4.99 Å². The maximum Gasteiger partial charge on any atom is 0.0576 e. The van der Waals surface area contributed by atoms with Gasteiger partial charge in [0.1, 0.15) is 0 Å². The van der Waals surface area contributed by atoms with Crippen LogP contribution in [0.5, 0.6) is 0 Å². The summed E-state index contributed by atoms with van der Waals surface area (Å²) in [6.45, 7) is 18.6. The summed E-state index contributed by atoms with van der Waals surface area (Å²) < 4.78 is 0. The monoisotopic (exact) mass is 505 g/mol. The van der Waals surface area contributed by atoms with Gasteiger partial charge in [-0.25, -0.2) is 0 Å². The summed E-state index contributed by atoms with van der Waals surface area (Å²) in [6, 6.07) is 11.6. The molecule has 0 N–H and O–H groups in total. The van der Waals surface area contributed by atoms with Gasteiger partial charge in [0.2, 0.25) is 0 Å². The highest BCUT2D eigenvalue weighted by Gasteiger charge is 2.29. The third-order valence-electron chi connectivity index (χ3n) is 7.95. The number of hydrogen-bond acceptors (Lipinski definition) is 1. The Kier molecular flexibility index (Phi) is 22.7. The lowest BCUT2D eigenvalue weighted by Crippen LogP contribution is -2.32. The fourth-order valence-electron chi connectivity index (χ4n) is 6.41. The molecule has 200 valence electrons. The normalized spacial score (nSPS) is 12.5. The van der Waals surface area contributed by atoms with Crippen LogP contribution in [0, 0.1) is 0 Å². The molecular formula is C31H63NSi2. The van der Waals surface area contributed by atoms with E-state index < -0.39 is 16.1 Å². The molecule has 3 heteroatoms. The van der Waals surface area contributed by atoms with Crippen LogP contribution >= 0.6 is 0 Å². The third-order valence-corrected chi connectivity index (χ3v) is 19.3. The lowest BCUT2D eigenvalue weighted by molar-refractivity contribution is 0.577. The van der Waals surface area contributed by atoms with Crippen molar-refractivity contribution in [1.82, 2.24) is 0 Å². The average Bonchev–Trinajstić information content (AvgIpc) is 2.80. The van der Waals surface area contributed by atoms with Crippen molar-refractivity contribution in [3.05, 3.63) is 25.3 Å². The Morgan fingerprint density at radius 3 is 1.38 bits per heavy atom. The van der Waals surface area contributed by atoms with Gasteiger partial charge in [0.15, 0.2) is 0 Å². The first-order valence-corrected chi connectivity index (χ1v) is 20.9. The van der Waals surface area contributed by atoms with E-state index in [2.05, 4.69) is 59.2 Å². The summed E-state index contributed by atoms with van der Waals surface area (Å²) >= 11 is 0. The molecule has 0 amide bonds. The Hall–Kier alpha value is -0.416. The van der Waals surface area contributed by atoms with Crippen LogP contribution in [0.25, 0.3) is 0 Å². The molecule has 0 aromatic carbocycles. The van der Waals surface area contributed by atoms with Crippen molar-refractivity contribution in [3.8, 4) is 0 Å². The second kappa shape index (κ2) is 23.0. The van der Waals surface area contributed by atoms with Crippen molar-refractivity contribution in [3.63, 3.8) is 0 Å². The second-order valence-electron chi connectivity index (χ2n) is 11.2. The van der Waals surface area contributed by atoms with E-state index in [-0.39, 0.29) is 0 Å². The molecule has 0 aliphatic carbocycles. The number of rotatable bonds is 26. The zero-order valence-electron chi connectivity index (χ0n) is 24.1. The summed E-state index contributed by atoms with van der Waals surface area (Å²) in [5, 5.41) is 0. The van der Waals surface area contributed by atoms with Gasteiger partial charge in [0, 0.05) is 6.54 Å². The number of aliphatic imine (C=N–C) groups is 1. The van der Waals surface area contributed by atoms with Crippen molar-refractivity contribution in [2.45, 2.75) is 160 Å². The number of unbranched alkanes of at least 4 members (excludes halogenated alkanes) is 7. The van der Waals surface area contributed by atoms with Gasteiger partial charge in [0.25, 0.3) is 0 Å². The molecule has 1 nitrogen and oxygen atoms in total. The first-order valence-electron chi connectivity index (χ1n) is 15.3. The molecular weight excluding hydrogens is 443 g/mol. The third kappa shape index (κ3) is 16.3. The molecule has 0 aromatic heterocycles. The van der Waals surface area contributed by atoms with Crippen LogP contribution in [0.2, 0.25) is 48.4 Å². The van der Waals surface area contributed by atoms with Crippen LogP contribution in [0.15, 0.2) is 30.3 Å². The van der Waals surface area contributed by atoms with Crippen LogP contribution in [-0.4, -0.2) is 28.9 Å². The molecule has 0 aliphatic rings. The number of hydrogen-bond donors (Lipinski definition) is 0. The highest BCUT2D eigenvalue weighted by molar-refractivity contribution is 6.80. The first kappa shape index (κ1) is 33.6. The van der Waals surface area contributed by atoms with Crippen LogP contribution in [0.4, 0.5) is 0 Å². The molecule has 0 saturated carbocycles. The van der Waals surface area contributed by atoms with Gasteiger partial charge in [-0.15, -0.1) is 13.2 Å². The van der Waals surface area contributed by atoms with E-state index in [0.29, 0.717) is 0 Å². The van der Waals surface area contributed by atoms with Crippen LogP contribution in [0.3, 0.4) is 0 Å². The molecule has 0 unspecified atom stereocenters. The molecule has 0 heterocycles. The lowest BCUT2D eigenvalue weighted by atomic mass is 10.1. The number of nitrogens with zero attached hydrogens (tertiary/aromatic N) is 1. The van der Waals surface area contributed by atoms with E-state index in [1.807, 2.05) is 0 Å². The quantitative estimate of drug-likeness (QED) is 0.0479. The van der Waals surface area contributed by atoms with Gasteiger partial charge in [-0.1, -0.05) is 147 Å². The van der Waals surface area contributed by atoms with Gasteiger partial charge < -0.3 is 0 Å². The highest BCUT2D eigenvalue weighted by atomic mass is 28.3. The molecule has 0 aromatic rings. The number of allylic oxidation sites excluding steroid dienone is 2. The Morgan fingerprint density at radius 2 is 0.941 bits per heavy atom. The van der Waals surface area contributed by atoms with E-state index in [4.69, 9.17) is 4.99 Å². The fraction of sp³-hybridized carbons (Fsp3) is 0.839. The Balaban J connectivity index is 3.87. The van der Waals surface area contributed by atoms with Crippen LogP contribution < -0.4 is 0 Å². The van der Waals surface area contributed by atoms with E-state index in [9.17, 15) is 0 Å². The average molecular weight is 506 g/mol. The van der Waals surface area contributed by atoms with Gasteiger partial charge in [-0.3, -0.25) is 4.99 Å². The lowest BCUT2D eigenvalue weighted by Gasteiger charge is -2.30. The van der Waals surface area contributed by atoms with Gasteiger partial charge in [0.05, 0.1) is 16.1 Å². The zero-order chi connectivity index (χ0) is 25.4. The van der Waals surface area contributed by atoms with Crippen molar-refractivity contribution in [1.29, 1.82) is 0 Å². The highest BCUT2D eigenvalue weighted by Crippen LogP contribution is 2.32. The van der Waals surface area contributed by atoms with E-state index in [0.717, 1.165) is 6.54 Å². The Labute approximate surface area is 218 Å². The van der Waals surface area contributed by atoms with E-state index in [1.54, 1.807) is 6.04 Å². The SMILES string of the molecule is C=CC[Si](CCC)(CCC)CCC=NCCCCCCCCCC[Si](CC=C)(CCC)CCC.